The van der Waals surface area contributed by atoms with E-state index in [9.17, 15) is 14.0 Å². The minimum atomic E-state index is -0.643. The van der Waals surface area contributed by atoms with Gasteiger partial charge in [-0.2, -0.15) is 0 Å². The van der Waals surface area contributed by atoms with Gasteiger partial charge in [-0.15, -0.1) is 11.3 Å². The second-order valence-electron chi connectivity index (χ2n) is 7.43. The topological polar surface area (TPSA) is 48.3 Å². The van der Waals surface area contributed by atoms with Crippen molar-refractivity contribution in [3.8, 4) is 11.1 Å². The van der Waals surface area contributed by atoms with Crippen molar-refractivity contribution in [1.29, 1.82) is 0 Å². The second kappa shape index (κ2) is 7.27. The summed E-state index contributed by atoms with van der Waals surface area (Å²) in [4.78, 5) is 25.4. The molecule has 2 heterocycles. The Morgan fingerprint density at radius 1 is 1.22 bits per heavy atom. The molecular formula is C21H22FNO3S. The van der Waals surface area contributed by atoms with Crippen LogP contribution in [0.25, 0.3) is 22.0 Å². The fourth-order valence-corrected chi connectivity index (χ4v) is 3.75. The van der Waals surface area contributed by atoms with Gasteiger partial charge in [0.1, 0.15) is 11.4 Å². The number of fused-ring (bicyclic) bond motifs is 1. The summed E-state index contributed by atoms with van der Waals surface area (Å²) in [6, 6.07) is 6.09. The molecule has 0 N–H and O–H groups in total. The Kier molecular flexibility index (Phi) is 5.20. The first kappa shape index (κ1) is 19.3. The van der Waals surface area contributed by atoms with E-state index >= 15 is 0 Å². The van der Waals surface area contributed by atoms with Crippen molar-refractivity contribution >= 4 is 34.1 Å². The van der Waals surface area contributed by atoms with Gasteiger partial charge in [0.15, 0.2) is 5.78 Å². The number of nitrogens with zero attached hydrogens (tertiary/aromatic N) is 1. The van der Waals surface area contributed by atoms with E-state index in [1.807, 2.05) is 18.4 Å². The Morgan fingerprint density at radius 3 is 2.63 bits per heavy atom. The number of Topliss-reactive ketones (excluding diaryl/α,β-unsaturated/α-hetero) is 1. The Labute approximate surface area is 161 Å². The monoisotopic (exact) mass is 387 g/mol. The minimum absolute atomic E-state index is 0.0933. The Balaban J connectivity index is 2.10. The summed E-state index contributed by atoms with van der Waals surface area (Å²) in [7, 11) is 0. The van der Waals surface area contributed by atoms with Crippen LogP contribution in [0.15, 0.2) is 35.8 Å². The van der Waals surface area contributed by atoms with Crippen LogP contribution >= 0.6 is 11.3 Å². The van der Waals surface area contributed by atoms with Crippen LogP contribution in [0.5, 0.6) is 0 Å². The lowest BCUT2D eigenvalue weighted by atomic mass is 10.1. The standard InChI is InChI=1S/C21H22FNO3S/c1-5-6-18(24)19-9-13(12-27-19)16-11-23(20(25)26-21(2,3)4)17-8-7-14(22)10-15(16)17/h7-12H,5-6H2,1-4H3. The Hall–Kier alpha value is -2.47. The summed E-state index contributed by atoms with van der Waals surface area (Å²) in [5.41, 5.74) is 1.41. The molecule has 3 rings (SSSR count). The van der Waals surface area contributed by atoms with E-state index in [1.54, 1.807) is 33.0 Å². The highest BCUT2D eigenvalue weighted by molar-refractivity contribution is 7.12. The van der Waals surface area contributed by atoms with E-state index in [2.05, 4.69) is 0 Å². The minimum Gasteiger partial charge on any atom is -0.443 e. The summed E-state index contributed by atoms with van der Waals surface area (Å²) in [5, 5.41) is 2.47. The number of hydrogen-bond donors (Lipinski definition) is 0. The van der Waals surface area contributed by atoms with Crippen LogP contribution in [0.1, 0.15) is 50.2 Å². The quantitative estimate of drug-likeness (QED) is 0.495. The predicted octanol–water partition coefficient (Wildman–Crippen LogP) is 6.27. The lowest BCUT2D eigenvalue weighted by Crippen LogP contribution is -2.26. The molecule has 27 heavy (non-hydrogen) atoms. The summed E-state index contributed by atoms with van der Waals surface area (Å²) < 4.78 is 20.7. The maximum Gasteiger partial charge on any atom is 0.419 e. The van der Waals surface area contributed by atoms with Gasteiger partial charge >= 0.3 is 6.09 Å². The molecule has 1 aromatic carbocycles. The van der Waals surface area contributed by atoms with Crippen LogP contribution < -0.4 is 0 Å². The molecule has 0 aliphatic rings. The molecule has 0 saturated carbocycles. The third kappa shape index (κ3) is 4.11. The van der Waals surface area contributed by atoms with Gasteiger partial charge in [0, 0.05) is 23.6 Å². The zero-order chi connectivity index (χ0) is 19.8. The molecule has 0 fully saturated rings. The fourth-order valence-electron chi connectivity index (χ4n) is 2.87. The molecule has 2 aromatic heterocycles. The van der Waals surface area contributed by atoms with Gasteiger partial charge in [0.2, 0.25) is 0 Å². The number of aromatic nitrogens is 1. The van der Waals surface area contributed by atoms with Gasteiger partial charge in [-0.3, -0.25) is 9.36 Å². The summed E-state index contributed by atoms with van der Waals surface area (Å²) in [6.45, 7) is 7.34. The largest absolute Gasteiger partial charge is 0.443 e. The first-order valence-corrected chi connectivity index (χ1v) is 9.73. The number of hydrogen-bond acceptors (Lipinski definition) is 4. The summed E-state index contributed by atoms with van der Waals surface area (Å²) in [6.07, 6.45) is 2.40. The van der Waals surface area contributed by atoms with Crippen LogP contribution in [-0.2, 0) is 4.74 Å². The van der Waals surface area contributed by atoms with Crippen LogP contribution in [-0.4, -0.2) is 22.0 Å². The van der Waals surface area contributed by atoms with E-state index in [4.69, 9.17) is 4.74 Å². The fraction of sp³-hybridized carbons (Fsp3) is 0.333. The SMILES string of the molecule is CCCC(=O)c1cc(-c2cn(C(=O)OC(C)(C)C)c3ccc(F)cc23)cs1. The number of halogens is 1. The first-order chi connectivity index (χ1) is 12.7. The molecule has 4 nitrogen and oxygen atoms in total. The highest BCUT2D eigenvalue weighted by Gasteiger charge is 2.22. The highest BCUT2D eigenvalue weighted by Crippen LogP contribution is 2.34. The van der Waals surface area contributed by atoms with E-state index in [0.29, 0.717) is 27.8 Å². The van der Waals surface area contributed by atoms with Crippen molar-refractivity contribution in [1.82, 2.24) is 4.57 Å². The van der Waals surface area contributed by atoms with Crippen molar-refractivity contribution in [2.75, 3.05) is 0 Å². The number of carbonyl (C=O) groups is 2. The van der Waals surface area contributed by atoms with Gasteiger partial charge < -0.3 is 4.74 Å². The van der Waals surface area contributed by atoms with Gasteiger partial charge in [-0.05, 0) is 62.4 Å². The lowest BCUT2D eigenvalue weighted by Gasteiger charge is -2.19. The zero-order valence-electron chi connectivity index (χ0n) is 15.8. The number of thiophene rings is 1. The van der Waals surface area contributed by atoms with Crippen molar-refractivity contribution in [2.24, 2.45) is 0 Å². The van der Waals surface area contributed by atoms with Gasteiger partial charge in [-0.25, -0.2) is 9.18 Å². The maximum atomic E-state index is 13.9. The Bertz CT molecular complexity index is 1010. The number of ether oxygens (including phenoxy) is 1. The molecular weight excluding hydrogens is 365 g/mol. The third-order valence-electron chi connectivity index (χ3n) is 4.02. The average molecular weight is 387 g/mol. The van der Waals surface area contributed by atoms with Gasteiger partial charge in [0.25, 0.3) is 0 Å². The van der Waals surface area contributed by atoms with Crippen LogP contribution in [0.4, 0.5) is 9.18 Å². The van der Waals surface area contributed by atoms with E-state index < -0.39 is 11.7 Å². The first-order valence-electron chi connectivity index (χ1n) is 8.85. The molecule has 0 atom stereocenters. The molecule has 0 aliphatic carbocycles. The van der Waals surface area contributed by atoms with E-state index in [-0.39, 0.29) is 11.6 Å². The highest BCUT2D eigenvalue weighted by atomic mass is 32.1. The second-order valence-corrected chi connectivity index (χ2v) is 8.34. The van der Waals surface area contributed by atoms with E-state index in [0.717, 1.165) is 12.0 Å². The predicted molar refractivity (Wildman–Crippen MR) is 106 cm³/mol. The molecule has 0 amide bonds. The van der Waals surface area contributed by atoms with Gasteiger partial charge in [0.05, 0.1) is 10.4 Å². The molecule has 6 heteroatoms. The van der Waals surface area contributed by atoms with Crippen molar-refractivity contribution in [3.05, 3.63) is 46.5 Å². The van der Waals surface area contributed by atoms with Crippen molar-refractivity contribution in [3.63, 3.8) is 0 Å². The summed E-state index contributed by atoms with van der Waals surface area (Å²) >= 11 is 1.36. The molecule has 0 radical (unpaired) electrons. The zero-order valence-corrected chi connectivity index (χ0v) is 16.7. The lowest BCUT2D eigenvalue weighted by molar-refractivity contribution is 0.0544. The number of ketones is 1. The number of benzene rings is 1. The number of rotatable bonds is 4. The molecule has 0 spiro atoms. The molecule has 3 aromatic rings. The average Bonchev–Trinajstić information content (AvgIpc) is 3.17. The number of carbonyl (C=O) groups excluding carboxylic acids is 2. The smallest absolute Gasteiger partial charge is 0.419 e. The maximum absolute atomic E-state index is 13.9. The molecule has 142 valence electrons. The molecule has 0 aliphatic heterocycles. The van der Waals surface area contributed by atoms with Crippen molar-refractivity contribution in [2.45, 2.75) is 46.1 Å². The van der Waals surface area contributed by atoms with Crippen LogP contribution in [0.3, 0.4) is 0 Å². The third-order valence-corrected chi connectivity index (χ3v) is 4.99. The molecule has 0 bridgehead atoms. The van der Waals surface area contributed by atoms with Gasteiger partial charge in [-0.1, -0.05) is 6.92 Å². The normalized spacial score (nSPS) is 11.7. The van der Waals surface area contributed by atoms with E-state index in [1.165, 1.54) is 28.0 Å². The van der Waals surface area contributed by atoms with Crippen molar-refractivity contribution < 1.29 is 18.7 Å². The summed E-state index contributed by atoms with van der Waals surface area (Å²) in [5.74, 6) is -0.293. The molecule has 0 unspecified atom stereocenters. The Morgan fingerprint density at radius 2 is 1.96 bits per heavy atom. The van der Waals surface area contributed by atoms with Crippen LogP contribution in [0, 0.1) is 5.82 Å². The molecule has 0 saturated heterocycles. The van der Waals surface area contributed by atoms with Crippen LogP contribution in [0.2, 0.25) is 0 Å².